The van der Waals surface area contributed by atoms with Crippen molar-refractivity contribution in [3.05, 3.63) is 83.8 Å². The van der Waals surface area contributed by atoms with E-state index in [0.29, 0.717) is 0 Å². The number of piperidine rings is 1. The summed E-state index contributed by atoms with van der Waals surface area (Å²) in [6.45, 7) is 3.75. The second kappa shape index (κ2) is 11.1. The number of para-hydroxylation sites is 1. The lowest BCUT2D eigenvalue weighted by molar-refractivity contribution is 0.0992. The van der Waals surface area contributed by atoms with E-state index >= 15 is 0 Å². The molecule has 0 N–H and O–H groups in total. The molecule has 0 amide bonds. The average Bonchev–Trinajstić information content (AvgIpc) is 3.30. The molecule has 6 heteroatoms. The number of methoxy groups -OCH3 is 1. The molecule has 0 bridgehead atoms. The SMILES string of the molecule is COc1cccc2c(C(=O)C3=CCCC=C3)cn(CCCN3CCC(Oc4ccc(F)cc4)CC3)c12. The van der Waals surface area contributed by atoms with E-state index in [1.165, 1.54) is 12.1 Å². The maximum atomic E-state index is 13.3. The summed E-state index contributed by atoms with van der Waals surface area (Å²) in [6.07, 6.45) is 13.0. The molecule has 188 valence electrons. The number of nitrogens with zero attached hydrogens (tertiary/aromatic N) is 2. The molecule has 36 heavy (non-hydrogen) atoms. The number of rotatable bonds is 9. The third kappa shape index (κ3) is 5.39. The fourth-order valence-corrected chi connectivity index (χ4v) is 5.21. The van der Waals surface area contributed by atoms with Gasteiger partial charge in [-0.2, -0.15) is 0 Å². The van der Waals surface area contributed by atoms with Crippen LogP contribution in [0.1, 0.15) is 42.5 Å². The molecular weight excluding hydrogens is 455 g/mol. The van der Waals surface area contributed by atoms with Crippen LogP contribution in [-0.2, 0) is 6.54 Å². The first kappa shape index (κ1) is 24.3. The van der Waals surface area contributed by atoms with Gasteiger partial charge in [-0.25, -0.2) is 4.39 Å². The van der Waals surface area contributed by atoms with E-state index in [0.717, 1.165) is 91.8 Å². The van der Waals surface area contributed by atoms with E-state index in [-0.39, 0.29) is 17.7 Å². The molecule has 5 nitrogen and oxygen atoms in total. The van der Waals surface area contributed by atoms with Crippen LogP contribution in [0.5, 0.6) is 11.5 Å². The fourth-order valence-electron chi connectivity index (χ4n) is 5.21. The Kier molecular flexibility index (Phi) is 7.52. The first-order chi connectivity index (χ1) is 17.6. The summed E-state index contributed by atoms with van der Waals surface area (Å²) in [7, 11) is 1.68. The monoisotopic (exact) mass is 488 g/mol. The van der Waals surface area contributed by atoms with Crippen LogP contribution in [0.15, 0.2) is 72.5 Å². The van der Waals surface area contributed by atoms with Gasteiger partial charge in [-0.15, -0.1) is 0 Å². The molecule has 1 aliphatic carbocycles. The number of halogens is 1. The quantitative estimate of drug-likeness (QED) is 0.337. The number of ether oxygens (including phenoxy) is 2. The molecule has 1 fully saturated rings. The predicted octanol–water partition coefficient (Wildman–Crippen LogP) is 6.18. The molecule has 1 aromatic heterocycles. The van der Waals surface area contributed by atoms with E-state index in [1.54, 1.807) is 19.2 Å². The van der Waals surface area contributed by atoms with E-state index in [9.17, 15) is 9.18 Å². The normalized spacial score (nSPS) is 16.8. The minimum atomic E-state index is -0.246. The van der Waals surface area contributed by atoms with Crippen LogP contribution in [0.2, 0.25) is 0 Å². The Balaban J connectivity index is 1.21. The first-order valence-electron chi connectivity index (χ1n) is 12.8. The van der Waals surface area contributed by atoms with Crippen molar-refractivity contribution in [2.45, 2.75) is 44.8 Å². The fraction of sp³-hybridized carbons (Fsp3) is 0.367. The molecule has 0 radical (unpaired) electrons. The lowest BCUT2D eigenvalue weighted by Crippen LogP contribution is -2.38. The lowest BCUT2D eigenvalue weighted by atomic mass is 9.98. The van der Waals surface area contributed by atoms with Crippen LogP contribution in [0.4, 0.5) is 4.39 Å². The summed E-state index contributed by atoms with van der Waals surface area (Å²) in [4.78, 5) is 15.8. The van der Waals surface area contributed by atoms with Crippen LogP contribution in [0, 0.1) is 5.82 Å². The number of hydrogen-bond acceptors (Lipinski definition) is 4. The zero-order valence-corrected chi connectivity index (χ0v) is 20.8. The number of likely N-dealkylation sites (tertiary alicyclic amines) is 1. The highest BCUT2D eigenvalue weighted by molar-refractivity contribution is 6.18. The topological polar surface area (TPSA) is 43.7 Å². The summed E-state index contributed by atoms with van der Waals surface area (Å²) < 4.78 is 27.0. The van der Waals surface area contributed by atoms with Crippen molar-refractivity contribution in [1.82, 2.24) is 9.47 Å². The van der Waals surface area contributed by atoms with E-state index in [1.807, 2.05) is 36.5 Å². The smallest absolute Gasteiger partial charge is 0.194 e. The zero-order valence-electron chi connectivity index (χ0n) is 20.8. The number of benzene rings is 2. The second-order valence-electron chi connectivity index (χ2n) is 9.53. The van der Waals surface area contributed by atoms with Gasteiger partial charge in [-0.1, -0.05) is 30.4 Å². The van der Waals surface area contributed by atoms with Gasteiger partial charge in [0, 0.05) is 42.4 Å². The van der Waals surface area contributed by atoms with Gasteiger partial charge in [-0.05, 0) is 69.0 Å². The maximum Gasteiger partial charge on any atom is 0.194 e. The molecule has 3 aromatic rings. The highest BCUT2D eigenvalue weighted by atomic mass is 19.1. The number of hydrogen-bond donors (Lipinski definition) is 0. The van der Waals surface area contributed by atoms with E-state index < -0.39 is 0 Å². The van der Waals surface area contributed by atoms with Crippen molar-refractivity contribution in [3.63, 3.8) is 0 Å². The van der Waals surface area contributed by atoms with Gasteiger partial charge in [0.05, 0.1) is 12.6 Å². The standard InChI is InChI=1S/C30H33FN2O3/c1-35-28-10-5-9-26-27(30(34)22-7-3-2-4-8-22)21-33(29(26)28)18-6-17-32-19-15-25(16-20-32)36-24-13-11-23(31)12-14-24/h3,5,7-14,21,25H,2,4,6,15-20H2,1H3. The van der Waals surface area contributed by atoms with Crippen LogP contribution < -0.4 is 9.47 Å². The summed E-state index contributed by atoms with van der Waals surface area (Å²) >= 11 is 0. The number of allylic oxidation sites excluding steroid dienone is 4. The number of aryl methyl sites for hydroxylation is 1. The van der Waals surface area contributed by atoms with Gasteiger partial charge >= 0.3 is 0 Å². The van der Waals surface area contributed by atoms with Crippen LogP contribution >= 0.6 is 0 Å². The summed E-state index contributed by atoms with van der Waals surface area (Å²) in [5, 5.41) is 0.943. The van der Waals surface area contributed by atoms with Crippen molar-refractivity contribution in [3.8, 4) is 11.5 Å². The van der Waals surface area contributed by atoms with Gasteiger partial charge in [0.1, 0.15) is 23.4 Å². The minimum Gasteiger partial charge on any atom is -0.495 e. The van der Waals surface area contributed by atoms with Crippen molar-refractivity contribution < 1.29 is 18.7 Å². The maximum absolute atomic E-state index is 13.3. The number of Topliss-reactive ketones (excluding diaryl/α,β-unsaturated/α-hetero) is 1. The number of carbonyl (C=O) groups is 1. The van der Waals surface area contributed by atoms with Gasteiger partial charge in [0.2, 0.25) is 0 Å². The molecule has 0 unspecified atom stereocenters. The van der Waals surface area contributed by atoms with E-state index in [4.69, 9.17) is 9.47 Å². The second-order valence-corrected chi connectivity index (χ2v) is 9.53. The van der Waals surface area contributed by atoms with Crippen molar-refractivity contribution >= 4 is 16.7 Å². The summed E-state index contributed by atoms with van der Waals surface area (Å²) in [5.41, 5.74) is 2.49. The molecular formula is C30H33FN2O3. The molecule has 0 saturated carbocycles. The van der Waals surface area contributed by atoms with Gasteiger partial charge < -0.3 is 18.9 Å². The first-order valence-corrected chi connectivity index (χ1v) is 12.8. The van der Waals surface area contributed by atoms with Gasteiger partial charge in [-0.3, -0.25) is 4.79 Å². The number of aromatic nitrogens is 1. The third-order valence-electron chi connectivity index (χ3n) is 7.11. The van der Waals surface area contributed by atoms with Crippen LogP contribution in [0.25, 0.3) is 10.9 Å². The minimum absolute atomic E-state index is 0.0752. The van der Waals surface area contributed by atoms with Gasteiger partial charge in [0.25, 0.3) is 0 Å². The lowest BCUT2D eigenvalue weighted by Gasteiger charge is -2.32. The highest BCUT2D eigenvalue weighted by Crippen LogP contribution is 2.32. The van der Waals surface area contributed by atoms with Gasteiger partial charge in [0.15, 0.2) is 5.78 Å². The van der Waals surface area contributed by atoms with Crippen molar-refractivity contribution in [2.24, 2.45) is 0 Å². The Hall–Kier alpha value is -3.38. The molecule has 5 rings (SSSR count). The number of fused-ring (bicyclic) bond motifs is 1. The molecule has 1 saturated heterocycles. The number of carbonyl (C=O) groups excluding carboxylic acids is 1. The molecule has 2 heterocycles. The van der Waals surface area contributed by atoms with E-state index in [2.05, 4.69) is 15.5 Å². The zero-order chi connectivity index (χ0) is 24.9. The average molecular weight is 489 g/mol. The largest absolute Gasteiger partial charge is 0.495 e. The molecule has 2 aliphatic rings. The van der Waals surface area contributed by atoms with Crippen LogP contribution in [0.3, 0.4) is 0 Å². The Morgan fingerprint density at radius 1 is 1.06 bits per heavy atom. The Morgan fingerprint density at radius 2 is 1.86 bits per heavy atom. The van der Waals surface area contributed by atoms with Crippen molar-refractivity contribution in [2.75, 3.05) is 26.7 Å². The molecule has 0 spiro atoms. The Bertz CT molecular complexity index is 1270. The summed E-state index contributed by atoms with van der Waals surface area (Å²) in [5.74, 6) is 1.35. The van der Waals surface area contributed by atoms with Crippen molar-refractivity contribution in [1.29, 1.82) is 0 Å². The highest BCUT2D eigenvalue weighted by Gasteiger charge is 2.22. The summed E-state index contributed by atoms with van der Waals surface area (Å²) in [6, 6.07) is 12.2. The molecule has 2 aromatic carbocycles. The molecule has 1 aliphatic heterocycles. The Labute approximate surface area is 211 Å². The predicted molar refractivity (Wildman–Crippen MR) is 140 cm³/mol. The third-order valence-corrected chi connectivity index (χ3v) is 7.11. The Morgan fingerprint density at radius 3 is 2.58 bits per heavy atom. The number of ketones is 1. The van der Waals surface area contributed by atoms with Crippen LogP contribution in [-0.4, -0.2) is 48.1 Å². The molecule has 0 atom stereocenters.